The van der Waals surface area contributed by atoms with Crippen molar-refractivity contribution in [2.75, 3.05) is 7.05 Å². The van der Waals surface area contributed by atoms with E-state index in [1.165, 1.54) is 7.05 Å². The molecule has 0 spiro atoms. The molecule has 0 fully saturated rings. The van der Waals surface area contributed by atoms with Crippen LogP contribution < -0.4 is 10.6 Å². The average molecular weight is 291 g/mol. The predicted molar refractivity (Wildman–Crippen MR) is 59.2 cm³/mol. The van der Waals surface area contributed by atoms with Gasteiger partial charge < -0.3 is 10.4 Å². The van der Waals surface area contributed by atoms with E-state index in [4.69, 9.17) is 5.11 Å². The molecule has 0 saturated carbocycles. The number of carboxylic acids is 1. The number of amides is 3. The Morgan fingerprint density at radius 2 is 2.05 bits per heavy atom. The van der Waals surface area contributed by atoms with Gasteiger partial charge in [-0.1, -0.05) is 5.21 Å². The lowest BCUT2D eigenvalue weighted by Crippen LogP contribution is -2.37. The second kappa shape index (κ2) is 6.54. The van der Waals surface area contributed by atoms with Crippen molar-refractivity contribution in [3.05, 3.63) is 11.4 Å². The van der Waals surface area contributed by atoms with E-state index in [0.717, 1.165) is 0 Å². The summed E-state index contributed by atoms with van der Waals surface area (Å²) < 4.78 is 26.1. The molecule has 0 radical (unpaired) electrons. The van der Waals surface area contributed by atoms with Gasteiger partial charge in [0.2, 0.25) is 5.91 Å². The monoisotopic (exact) mass is 291 g/mol. The lowest BCUT2D eigenvalue weighted by atomic mass is 10.3. The maximum Gasteiger partial charge on any atom is 0.358 e. The Morgan fingerprint density at radius 3 is 2.55 bits per heavy atom. The fourth-order valence-electron chi connectivity index (χ4n) is 1.31. The Bertz CT molecular complexity index is 530. The second-order valence-electron chi connectivity index (χ2n) is 3.53. The van der Waals surface area contributed by atoms with Crippen molar-refractivity contribution in [3.63, 3.8) is 0 Å². The fourth-order valence-corrected chi connectivity index (χ4v) is 1.31. The van der Waals surface area contributed by atoms with Crippen molar-refractivity contribution in [2.24, 2.45) is 0 Å². The number of aromatic nitrogens is 3. The molecule has 0 aliphatic rings. The van der Waals surface area contributed by atoms with Gasteiger partial charge in [-0.05, 0) is 0 Å². The molecule has 20 heavy (non-hydrogen) atoms. The SMILES string of the molecule is CNC(=O)NC(=O)CCn1nnc(C(=O)O)c1C(F)F. The average Bonchev–Trinajstić information content (AvgIpc) is 2.80. The van der Waals surface area contributed by atoms with Crippen LogP contribution in [0.5, 0.6) is 0 Å². The summed E-state index contributed by atoms with van der Waals surface area (Å²) in [5.41, 5.74) is -1.75. The number of halogens is 2. The summed E-state index contributed by atoms with van der Waals surface area (Å²) in [6.07, 6.45) is -3.44. The number of aryl methyl sites for hydroxylation is 1. The Labute approximate surface area is 110 Å². The molecule has 1 aromatic rings. The molecule has 0 aromatic carbocycles. The lowest BCUT2D eigenvalue weighted by Gasteiger charge is -2.06. The molecule has 1 rings (SSSR count). The van der Waals surface area contributed by atoms with Crippen LogP contribution in [0, 0.1) is 0 Å². The summed E-state index contributed by atoms with van der Waals surface area (Å²) in [7, 11) is 1.30. The van der Waals surface area contributed by atoms with Crippen LogP contribution in [0.2, 0.25) is 0 Å². The highest BCUT2D eigenvalue weighted by Gasteiger charge is 2.26. The summed E-state index contributed by atoms with van der Waals surface area (Å²) in [6.45, 7) is -0.331. The molecule has 110 valence electrons. The van der Waals surface area contributed by atoms with E-state index in [9.17, 15) is 23.2 Å². The highest BCUT2D eigenvalue weighted by molar-refractivity contribution is 5.94. The molecule has 0 atom stereocenters. The van der Waals surface area contributed by atoms with E-state index in [1.807, 2.05) is 5.32 Å². The Morgan fingerprint density at radius 1 is 1.40 bits per heavy atom. The number of hydrogen-bond donors (Lipinski definition) is 3. The molecule has 1 aromatic heterocycles. The van der Waals surface area contributed by atoms with Crippen LogP contribution in [0.25, 0.3) is 0 Å². The van der Waals surface area contributed by atoms with E-state index in [-0.39, 0.29) is 13.0 Å². The van der Waals surface area contributed by atoms with Crippen LogP contribution in [0.1, 0.15) is 29.0 Å². The summed E-state index contributed by atoms with van der Waals surface area (Å²) >= 11 is 0. The van der Waals surface area contributed by atoms with E-state index in [2.05, 4.69) is 15.6 Å². The molecule has 0 aliphatic carbocycles. The molecule has 3 N–H and O–H groups in total. The smallest absolute Gasteiger partial charge is 0.358 e. The molecule has 0 saturated heterocycles. The van der Waals surface area contributed by atoms with Gasteiger partial charge in [-0.2, -0.15) is 0 Å². The van der Waals surface area contributed by atoms with Crippen molar-refractivity contribution in [2.45, 2.75) is 19.4 Å². The summed E-state index contributed by atoms with van der Waals surface area (Å²) in [6, 6.07) is -0.742. The molecule has 1 heterocycles. The number of carbonyl (C=O) groups is 3. The Balaban J connectivity index is 2.76. The summed E-state index contributed by atoms with van der Waals surface area (Å²) in [4.78, 5) is 32.8. The molecule has 11 heteroatoms. The number of urea groups is 1. The van der Waals surface area contributed by atoms with Gasteiger partial charge in [0.05, 0.1) is 6.54 Å². The molecule has 0 unspecified atom stereocenters. The predicted octanol–water partition coefficient (Wildman–Crippen LogP) is -0.240. The molecule has 0 aliphatic heterocycles. The number of alkyl halides is 2. The standard InChI is InChI=1S/C9H11F2N5O4/c1-12-9(20)13-4(17)2-3-16-6(7(10)11)5(8(18)19)14-15-16/h7H,2-3H2,1H3,(H,18,19)(H2,12,13,17,20). The molecule has 0 bridgehead atoms. The third-order valence-corrected chi connectivity index (χ3v) is 2.21. The zero-order valence-electron chi connectivity index (χ0n) is 10.3. The molecular weight excluding hydrogens is 280 g/mol. The zero-order chi connectivity index (χ0) is 15.3. The molecule has 9 nitrogen and oxygen atoms in total. The first-order valence-corrected chi connectivity index (χ1v) is 5.33. The third-order valence-electron chi connectivity index (χ3n) is 2.21. The van der Waals surface area contributed by atoms with Gasteiger partial charge in [0.1, 0.15) is 5.69 Å². The van der Waals surface area contributed by atoms with E-state index < -0.39 is 35.7 Å². The van der Waals surface area contributed by atoms with Crippen LogP contribution in [0.15, 0.2) is 0 Å². The normalized spacial score (nSPS) is 10.4. The van der Waals surface area contributed by atoms with Gasteiger partial charge in [0, 0.05) is 13.5 Å². The molecule has 3 amide bonds. The first-order valence-electron chi connectivity index (χ1n) is 5.33. The van der Waals surface area contributed by atoms with Crippen molar-refractivity contribution in [1.82, 2.24) is 25.6 Å². The maximum absolute atomic E-state index is 12.7. The number of imide groups is 1. The van der Waals surface area contributed by atoms with Crippen molar-refractivity contribution < 1.29 is 28.3 Å². The lowest BCUT2D eigenvalue weighted by molar-refractivity contribution is -0.120. The van der Waals surface area contributed by atoms with E-state index in [0.29, 0.717) is 4.68 Å². The maximum atomic E-state index is 12.7. The Kier molecular flexibility index (Phi) is 5.06. The minimum Gasteiger partial charge on any atom is -0.476 e. The van der Waals surface area contributed by atoms with Gasteiger partial charge >= 0.3 is 12.0 Å². The van der Waals surface area contributed by atoms with Gasteiger partial charge in [0.25, 0.3) is 6.43 Å². The van der Waals surface area contributed by atoms with Gasteiger partial charge in [0.15, 0.2) is 5.69 Å². The zero-order valence-corrected chi connectivity index (χ0v) is 10.3. The number of carbonyl (C=O) groups excluding carboxylic acids is 2. The van der Waals surface area contributed by atoms with Crippen molar-refractivity contribution in [3.8, 4) is 0 Å². The number of rotatable bonds is 5. The van der Waals surface area contributed by atoms with Crippen LogP contribution in [0.4, 0.5) is 13.6 Å². The van der Waals surface area contributed by atoms with Crippen LogP contribution in [-0.2, 0) is 11.3 Å². The number of hydrogen-bond acceptors (Lipinski definition) is 5. The summed E-state index contributed by atoms with van der Waals surface area (Å²) in [5.74, 6) is -2.36. The topological polar surface area (TPSA) is 126 Å². The second-order valence-corrected chi connectivity index (χ2v) is 3.53. The highest BCUT2D eigenvalue weighted by atomic mass is 19.3. The van der Waals surface area contributed by atoms with Gasteiger partial charge in [-0.3, -0.25) is 10.1 Å². The van der Waals surface area contributed by atoms with Gasteiger partial charge in [-0.15, -0.1) is 5.10 Å². The third kappa shape index (κ3) is 3.70. The first kappa shape index (κ1) is 15.5. The van der Waals surface area contributed by atoms with Crippen LogP contribution >= 0.6 is 0 Å². The largest absolute Gasteiger partial charge is 0.476 e. The fraction of sp³-hybridized carbons (Fsp3) is 0.444. The quantitative estimate of drug-likeness (QED) is 0.687. The minimum atomic E-state index is -3.10. The van der Waals surface area contributed by atoms with Crippen LogP contribution in [0.3, 0.4) is 0 Å². The number of nitrogens with one attached hydrogen (secondary N) is 2. The molecular formula is C9H11F2N5O4. The van der Waals surface area contributed by atoms with Crippen molar-refractivity contribution in [1.29, 1.82) is 0 Å². The highest BCUT2D eigenvalue weighted by Crippen LogP contribution is 2.21. The number of aromatic carboxylic acids is 1. The number of carboxylic acid groups (broad SMARTS) is 1. The van der Waals surface area contributed by atoms with Crippen LogP contribution in [-0.4, -0.2) is 45.1 Å². The minimum absolute atomic E-state index is 0.331. The summed E-state index contributed by atoms with van der Waals surface area (Å²) in [5, 5.41) is 19.1. The Hall–Kier alpha value is -2.59. The van der Waals surface area contributed by atoms with Gasteiger partial charge in [-0.25, -0.2) is 23.1 Å². The van der Waals surface area contributed by atoms with E-state index in [1.54, 1.807) is 0 Å². The van der Waals surface area contributed by atoms with E-state index >= 15 is 0 Å². The van der Waals surface area contributed by atoms with Crippen molar-refractivity contribution >= 4 is 17.9 Å². The first-order chi connectivity index (χ1) is 9.36. The number of nitrogens with zero attached hydrogens (tertiary/aromatic N) is 3.